The molecule has 0 saturated carbocycles. The molecule has 6 heteroatoms. The first-order valence-corrected chi connectivity index (χ1v) is 7.00. The highest BCUT2D eigenvalue weighted by molar-refractivity contribution is 6.35. The van der Waals surface area contributed by atoms with Crippen molar-refractivity contribution in [3.05, 3.63) is 50.4 Å². The molecule has 4 nitrogen and oxygen atoms in total. The molecule has 2 aromatic rings. The van der Waals surface area contributed by atoms with Crippen LogP contribution in [-0.4, -0.2) is 16.0 Å². The summed E-state index contributed by atoms with van der Waals surface area (Å²) in [5.41, 5.74) is 1.16. The highest BCUT2D eigenvalue weighted by Crippen LogP contribution is 2.24. The van der Waals surface area contributed by atoms with E-state index in [4.69, 9.17) is 23.2 Å². The largest absolute Gasteiger partial charge is 0.309 e. The van der Waals surface area contributed by atoms with Crippen LogP contribution in [0.25, 0.3) is 11.4 Å². The van der Waals surface area contributed by atoms with Gasteiger partial charge in [0.2, 0.25) is 0 Å². The predicted molar refractivity (Wildman–Crippen MR) is 82.3 cm³/mol. The van der Waals surface area contributed by atoms with Crippen molar-refractivity contribution in [1.29, 1.82) is 0 Å². The summed E-state index contributed by atoms with van der Waals surface area (Å²) >= 11 is 11.9. The van der Waals surface area contributed by atoms with E-state index in [9.17, 15) is 4.79 Å². The Morgan fingerprint density at radius 3 is 2.45 bits per heavy atom. The van der Waals surface area contributed by atoms with Gasteiger partial charge >= 0.3 is 0 Å². The summed E-state index contributed by atoms with van der Waals surface area (Å²) in [4.78, 5) is 18.8. The molecule has 106 valence electrons. The molecule has 0 aliphatic rings. The van der Waals surface area contributed by atoms with E-state index in [-0.39, 0.29) is 5.56 Å². The zero-order valence-corrected chi connectivity index (χ0v) is 12.7. The molecule has 0 amide bonds. The minimum atomic E-state index is -0.202. The van der Waals surface area contributed by atoms with Crippen molar-refractivity contribution in [3.8, 4) is 11.4 Å². The lowest BCUT2D eigenvalue weighted by Gasteiger charge is -2.09. The Bertz CT molecular complexity index is 647. The Kier molecular flexibility index (Phi) is 4.81. The molecule has 0 atom stereocenters. The first-order valence-electron chi connectivity index (χ1n) is 6.24. The maximum atomic E-state index is 11.7. The fourth-order valence-electron chi connectivity index (χ4n) is 1.73. The van der Waals surface area contributed by atoms with Gasteiger partial charge in [-0.25, -0.2) is 4.98 Å². The molecule has 1 aromatic heterocycles. The summed E-state index contributed by atoms with van der Waals surface area (Å²) in [6.45, 7) is 4.60. The van der Waals surface area contributed by atoms with Gasteiger partial charge in [0.25, 0.3) is 5.56 Å². The third-order valence-corrected chi connectivity index (χ3v) is 3.06. The molecule has 0 aliphatic heterocycles. The normalized spacial score (nSPS) is 11.1. The van der Waals surface area contributed by atoms with E-state index < -0.39 is 0 Å². The van der Waals surface area contributed by atoms with Crippen LogP contribution in [0.5, 0.6) is 0 Å². The summed E-state index contributed by atoms with van der Waals surface area (Å²) < 4.78 is 0. The summed E-state index contributed by atoms with van der Waals surface area (Å²) in [6.07, 6.45) is 0. The molecule has 1 heterocycles. The third kappa shape index (κ3) is 4.07. The Labute approximate surface area is 127 Å². The number of benzene rings is 1. The Morgan fingerprint density at radius 2 is 1.85 bits per heavy atom. The molecule has 0 radical (unpaired) electrons. The van der Waals surface area contributed by atoms with Crippen molar-refractivity contribution in [2.45, 2.75) is 26.4 Å². The Morgan fingerprint density at radius 1 is 1.20 bits per heavy atom. The van der Waals surface area contributed by atoms with Crippen molar-refractivity contribution in [2.24, 2.45) is 0 Å². The van der Waals surface area contributed by atoms with Crippen LogP contribution >= 0.6 is 23.2 Å². The van der Waals surface area contributed by atoms with Gasteiger partial charge in [0.1, 0.15) is 5.82 Å². The van der Waals surface area contributed by atoms with Gasteiger partial charge < -0.3 is 10.3 Å². The lowest BCUT2D eigenvalue weighted by molar-refractivity contribution is 0.580. The molecule has 0 spiro atoms. The average molecular weight is 312 g/mol. The van der Waals surface area contributed by atoms with E-state index >= 15 is 0 Å². The number of nitrogens with zero attached hydrogens (tertiary/aromatic N) is 1. The molecule has 0 unspecified atom stereocenters. The number of rotatable bonds is 4. The number of nitrogens with one attached hydrogen (secondary N) is 2. The van der Waals surface area contributed by atoms with E-state index in [0.717, 1.165) is 0 Å². The second-order valence-electron chi connectivity index (χ2n) is 4.78. The monoisotopic (exact) mass is 311 g/mol. The number of aromatic nitrogens is 2. The summed E-state index contributed by atoms with van der Waals surface area (Å²) in [6, 6.07) is 6.86. The molecule has 2 N–H and O–H groups in total. The maximum absolute atomic E-state index is 11.7. The fourth-order valence-corrected chi connectivity index (χ4v) is 2.26. The highest BCUT2D eigenvalue weighted by atomic mass is 35.5. The predicted octanol–water partition coefficient (Wildman–Crippen LogP) is 3.24. The van der Waals surface area contributed by atoms with Gasteiger partial charge in [0.05, 0.1) is 5.69 Å². The van der Waals surface area contributed by atoms with Crippen LogP contribution in [0, 0.1) is 0 Å². The van der Waals surface area contributed by atoms with Gasteiger partial charge in [-0.05, 0) is 18.2 Å². The summed E-state index contributed by atoms with van der Waals surface area (Å²) in [5, 5.41) is 4.22. The van der Waals surface area contributed by atoms with E-state index in [1.807, 2.05) is 13.8 Å². The van der Waals surface area contributed by atoms with Crippen molar-refractivity contribution < 1.29 is 0 Å². The fraction of sp³-hybridized carbons (Fsp3) is 0.286. The Balaban J connectivity index is 2.38. The molecule has 1 aromatic carbocycles. The second-order valence-corrected chi connectivity index (χ2v) is 5.65. The van der Waals surface area contributed by atoms with Crippen LogP contribution in [0.4, 0.5) is 0 Å². The quantitative estimate of drug-likeness (QED) is 0.911. The third-order valence-electron chi connectivity index (χ3n) is 2.62. The highest BCUT2D eigenvalue weighted by Gasteiger charge is 2.07. The topological polar surface area (TPSA) is 57.8 Å². The number of hydrogen-bond acceptors (Lipinski definition) is 3. The minimum Gasteiger partial charge on any atom is -0.309 e. The second kappa shape index (κ2) is 6.39. The van der Waals surface area contributed by atoms with E-state index in [0.29, 0.717) is 39.7 Å². The van der Waals surface area contributed by atoms with Crippen LogP contribution in [0.15, 0.2) is 29.1 Å². The SMILES string of the molecule is CC(C)NCc1cc(=O)[nH]c(-c2cc(Cl)cc(Cl)c2)n1. The van der Waals surface area contributed by atoms with Crippen molar-refractivity contribution >= 4 is 23.2 Å². The van der Waals surface area contributed by atoms with Crippen LogP contribution < -0.4 is 10.9 Å². The summed E-state index contributed by atoms with van der Waals surface area (Å²) in [7, 11) is 0. The standard InChI is InChI=1S/C14H15Cl2N3O/c1-8(2)17-7-12-6-13(20)19-14(18-12)9-3-10(15)5-11(16)4-9/h3-6,8,17H,7H2,1-2H3,(H,18,19,20). The molecular formula is C14H15Cl2N3O. The molecule has 0 saturated heterocycles. The molecule has 20 heavy (non-hydrogen) atoms. The lowest BCUT2D eigenvalue weighted by Crippen LogP contribution is -2.24. The number of aromatic amines is 1. The van der Waals surface area contributed by atoms with E-state index in [1.54, 1.807) is 18.2 Å². The summed E-state index contributed by atoms with van der Waals surface area (Å²) in [5.74, 6) is 0.461. The molecular weight excluding hydrogens is 297 g/mol. The molecule has 2 rings (SSSR count). The van der Waals surface area contributed by atoms with Gasteiger partial charge in [-0.15, -0.1) is 0 Å². The minimum absolute atomic E-state index is 0.202. The van der Waals surface area contributed by atoms with Crippen LogP contribution in [-0.2, 0) is 6.54 Å². The lowest BCUT2D eigenvalue weighted by atomic mass is 10.2. The zero-order valence-electron chi connectivity index (χ0n) is 11.2. The molecule has 0 fully saturated rings. The van der Waals surface area contributed by atoms with E-state index in [2.05, 4.69) is 15.3 Å². The van der Waals surface area contributed by atoms with Gasteiger partial charge in [-0.2, -0.15) is 0 Å². The zero-order chi connectivity index (χ0) is 14.7. The van der Waals surface area contributed by atoms with Gasteiger partial charge in [-0.1, -0.05) is 37.0 Å². The average Bonchev–Trinajstić information content (AvgIpc) is 2.34. The van der Waals surface area contributed by atoms with Crippen LogP contribution in [0.3, 0.4) is 0 Å². The van der Waals surface area contributed by atoms with Crippen molar-refractivity contribution in [2.75, 3.05) is 0 Å². The van der Waals surface area contributed by atoms with Crippen molar-refractivity contribution in [1.82, 2.24) is 15.3 Å². The maximum Gasteiger partial charge on any atom is 0.251 e. The van der Waals surface area contributed by atoms with Gasteiger partial charge in [0, 0.05) is 34.3 Å². The molecule has 0 aliphatic carbocycles. The first kappa shape index (κ1) is 15.0. The van der Waals surface area contributed by atoms with E-state index in [1.165, 1.54) is 6.07 Å². The van der Waals surface area contributed by atoms with Crippen molar-refractivity contribution in [3.63, 3.8) is 0 Å². The first-order chi connectivity index (χ1) is 9.44. The Hall–Kier alpha value is -1.36. The number of halogens is 2. The van der Waals surface area contributed by atoms with Crippen LogP contribution in [0.2, 0.25) is 10.0 Å². The number of H-pyrrole nitrogens is 1. The van der Waals surface area contributed by atoms with Gasteiger partial charge in [0.15, 0.2) is 0 Å². The number of hydrogen-bond donors (Lipinski definition) is 2. The van der Waals surface area contributed by atoms with Crippen LogP contribution in [0.1, 0.15) is 19.5 Å². The molecule has 0 bridgehead atoms. The smallest absolute Gasteiger partial charge is 0.251 e. The van der Waals surface area contributed by atoms with Gasteiger partial charge in [-0.3, -0.25) is 4.79 Å².